The summed E-state index contributed by atoms with van der Waals surface area (Å²) in [7, 11) is 0. The van der Waals surface area contributed by atoms with Crippen LogP contribution in [0.25, 0.3) is 6.08 Å². The summed E-state index contributed by atoms with van der Waals surface area (Å²) in [5.74, 6) is 0. The first-order chi connectivity index (χ1) is 8.21. The maximum Gasteiger partial charge on any atom is 0.421 e. The molecule has 0 N–H and O–H groups in total. The van der Waals surface area contributed by atoms with Crippen molar-refractivity contribution in [3.63, 3.8) is 0 Å². The van der Waals surface area contributed by atoms with Gasteiger partial charge in [-0.05, 0) is 11.6 Å². The summed E-state index contributed by atoms with van der Waals surface area (Å²) in [5.41, 5.74) is -2.01. The van der Waals surface area contributed by atoms with E-state index in [2.05, 4.69) is 0 Å². The minimum atomic E-state index is -5.42. The van der Waals surface area contributed by atoms with Gasteiger partial charge in [-0.1, -0.05) is 42.5 Å². The summed E-state index contributed by atoms with van der Waals surface area (Å²) in [4.78, 5) is 0. The molecular formula is C12H8F6. The third-order valence-electron chi connectivity index (χ3n) is 1.96. The number of allylic oxidation sites excluding steroid dienone is 3. The van der Waals surface area contributed by atoms with Gasteiger partial charge in [-0.25, -0.2) is 0 Å². The fourth-order valence-electron chi connectivity index (χ4n) is 1.17. The highest BCUT2D eigenvalue weighted by atomic mass is 19.4. The Morgan fingerprint density at radius 3 is 1.78 bits per heavy atom. The zero-order chi connectivity index (χ0) is 13.8. The Hall–Kier alpha value is -1.72. The minimum Gasteiger partial charge on any atom is -0.166 e. The van der Waals surface area contributed by atoms with Crippen LogP contribution in [0.2, 0.25) is 0 Å². The van der Waals surface area contributed by atoms with E-state index >= 15 is 0 Å². The molecule has 0 nitrogen and oxygen atoms in total. The number of rotatable bonds is 2. The van der Waals surface area contributed by atoms with Crippen molar-refractivity contribution in [3.8, 4) is 0 Å². The number of hydrogen-bond donors (Lipinski definition) is 0. The SMILES string of the molecule is FC(F)(F)C(=C/C=C/c1ccccc1)C(F)(F)F. The van der Waals surface area contributed by atoms with Crippen LogP contribution in [0.1, 0.15) is 5.56 Å². The second kappa shape index (κ2) is 5.29. The van der Waals surface area contributed by atoms with E-state index in [0.29, 0.717) is 5.56 Å². The molecule has 0 saturated carbocycles. The average Bonchev–Trinajstić information content (AvgIpc) is 2.22. The summed E-state index contributed by atoms with van der Waals surface area (Å²) in [6, 6.07) is 8.05. The molecule has 1 rings (SSSR count). The Labute approximate surface area is 99.2 Å². The van der Waals surface area contributed by atoms with Crippen molar-refractivity contribution in [1.29, 1.82) is 0 Å². The fourth-order valence-corrected chi connectivity index (χ4v) is 1.17. The number of hydrogen-bond acceptors (Lipinski definition) is 0. The number of alkyl halides is 6. The molecule has 0 spiro atoms. The average molecular weight is 266 g/mol. The molecule has 18 heavy (non-hydrogen) atoms. The van der Waals surface area contributed by atoms with Gasteiger partial charge in [0.05, 0.1) is 0 Å². The van der Waals surface area contributed by atoms with Gasteiger partial charge in [0.1, 0.15) is 5.57 Å². The summed E-state index contributed by atoms with van der Waals surface area (Å²) >= 11 is 0. The number of halogens is 6. The van der Waals surface area contributed by atoms with Gasteiger partial charge in [0.25, 0.3) is 0 Å². The van der Waals surface area contributed by atoms with Crippen LogP contribution in [-0.2, 0) is 0 Å². The van der Waals surface area contributed by atoms with Crippen molar-refractivity contribution >= 4 is 6.08 Å². The molecule has 0 atom stereocenters. The standard InChI is InChI=1S/C12H8F6/c13-11(14,15)10(12(16,17)18)8-4-7-9-5-2-1-3-6-9/h1-8H/b7-4+. The molecule has 0 unspecified atom stereocenters. The van der Waals surface area contributed by atoms with Crippen molar-refractivity contribution in [2.45, 2.75) is 12.4 Å². The first kappa shape index (κ1) is 14.3. The highest BCUT2D eigenvalue weighted by Gasteiger charge is 2.50. The van der Waals surface area contributed by atoms with Crippen molar-refractivity contribution < 1.29 is 26.3 Å². The second-order valence-electron chi connectivity index (χ2n) is 3.35. The molecule has 0 aliphatic carbocycles. The number of benzene rings is 1. The lowest BCUT2D eigenvalue weighted by Crippen LogP contribution is -2.25. The molecule has 0 amide bonds. The van der Waals surface area contributed by atoms with Gasteiger partial charge in [0.15, 0.2) is 0 Å². The quantitative estimate of drug-likeness (QED) is 0.535. The molecule has 0 aliphatic heterocycles. The van der Waals surface area contributed by atoms with E-state index in [1.54, 1.807) is 30.3 Å². The minimum absolute atomic E-state index is 0.0208. The summed E-state index contributed by atoms with van der Waals surface area (Å²) in [5, 5.41) is 0. The normalized spacial score (nSPS) is 12.8. The molecule has 0 aromatic heterocycles. The third kappa shape index (κ3) is 4.27. The summed E-state index contributed by atoms with van der Waals surface area (Å²) < 4.78 is 72.7. The zero-order valence-electron chi connectivity index (χ0n) is 8.89. The maximum absolute atomic E-state index is 12.1. The Bertz CT molecular complexity index is 420. The van der Waals surface area contributed by atoms with Crippen LogP contribution in [-0.4, -0.2) is 12.4 Å². The van der Waals surface area contributed by atoms with Crippen molar-refractivity contribution in [3.05, 3.63) is 53.6 Å². The zero-order valence-corrected chi connectivity index (χ0v) is 8.89. The largest absolute Gasteiger partial charge is 0.421 e. The van der Waals surface area contributed by atoms with Crippen LogP contribution in [0.4, 0.5) is 26.3 Å². The van der Waals surface area contributed by atoms with Crippen LogP contribution < -0.4 is 0 Å². The molecule has 0 aliphatic rings. The van der Waals surface area contributed by atoms with E-state index in [1.165, 1.54) is 0 Å². The van der Waals surface area contributed by atoms with Crippen molar-refractivity contribution in [1.82, 2.24) is 0 Å². The van der Waals surface area contributed by atoms with Crippen LogP contribution >= 0.6 is 0 Å². The van der Waals surface area contributed by atoms with E-state index in [4.69, 9.17) is 0 Å². The first-order valence-electron chi connectivity index (χ1n) is 4.79. The maximum atomic E-state index is 12.1. The molecule has 0 fully saturated rings. The lowest BCUT2D eigenvalue weighted by atomic mass is 10.2. The van der Waals surface area contributed by atoms with E-state index < -0.39 is 17.9 Å². The van der Waals surface area contributed by atoms with Crippen LogP contribution in [0.3, 0.4) is 0 Å². The molecule has 6 heteroatoms. The highest BCUT2D eigenvalue weighted by molar-refractivity contribution is 5.51. The fraction of sp³-hybridized carbons (Fsp3) is 0.167. The predicted molar refractivity (Wildman–Crippen MR) is 55.7 cm³/mol. The highest BCUT2D eigenvalue weighted by Crippen LogP contribution is 2.38. The summed E-state index contributed by atoms with van der Waals surface area (Å²) in [6.45, 7) is 0. The lowest BCUT2D eigenvalue weighted by Gasteiger charge is -2.13. The van der Waals surface area contributed by atoms with Crippen LogP contribution in [0.15, 0.2) is 48.1 Å². The van der Waals surface area contributed by atoms with Gasteiger partial charge in [-0.3, -0.25) is 0 Å². The van der Waals surface area contributed by atoms with E-state index in [0.717, 1.165) is 12.2 Å². The smallest absolute Gasteiger partial charge is 0.166 e. The molecule has 1 aromatic carbocycles. The van der Waals surface area contributed by atoms with Crippen molar-refractivity contribution in [2.75, 3.05) is 0 Å². The van der Waals surface area contributed by atoms with Crippen LogP contribution in [0, 0.1) is 0 Å². The Morgan fingerprint density at radius 2 is 1.33 bits per heavy atom. The van der Waals surface area contributed by atoms with E-state index in [-0.39, 0.29) is 6.08 Å². The van der Waals surface area contributed by atoms with Gasteiger partial charge in [-0.2, -0.15) is 26.3 Å². The van der Waals surface area contributed by atoms with Gasteiger partial charge < -0.3 is 0 Å². The molecule has 0 radical (unpaired) electrons. The van der Waals surface area contributed by atoms with E-state index in [9.17, 15) is 26.3 Å². The monoisotopic (exact) mass is 266 g/mol. The summed E-state index contributed by atoms with van der Waals surface area (Å²) in [6.07, 6.45) is -8.92. The van der Waals surface area contributed by atoms with Crippen LogP contribution in [0.5, 0.6) is 0 Å². The topological polar surface area (TPSA) is 0 Å². The lowest BCUT2D eigenvalue weighted by molar-refractivity contribution is -0.171. The molecule has 98 valence electrons. The Morgan fingerprint density at radius 1 is 0.833 bits per heavy atom. The first-order valence-corrected chi connectivity index (χ1v) is 4.79. The second-order valence-corrected chi connectivity index (χ2v) is 3.35. The molecular weight excluding hydrogens is 258 g/mol. The van der Waals surface area contributed by atoms with E-state index in [1.807, 2.05) is 0 Å². The van der Waals surface area contributed by atoms with Gasteiger partial charge >= 0.3 is 12.4 Å². The molecule has 1 aromatic rings. The van der Waals surface area contributed by atoms with Gasteiger partial charge in [-0.15, -0.1) is 0 Å². The Balaban J connectivity index is 2.96. The van der Waals surface area contributed by atoms with Crippen molar-refractivity contribution in [2.24, 2.45) is 0 Å². The third-order valence-corrected chi connectivity index (χ3v) is 1.96. The molecule has 0 bridgehead atoms. The Kier molecular flexibility index (Phi) is 4.21. The van der Waals surface area contributed by atoms with Gasteiger partial charge in [0.2, 0.25) is 0 Å². The predicted octanol–water partition coefficient (Wildman–Crippen LogP) is 4.75. The molecule has 0 saturated heterocycles. The molecule has 0 heterocycles. The van der Waals surface area contributed by atoms with Gasteiger partial charge in [0, 0.05) is 0 Å².